The first-order valence-electron chi connectivity index (χ1n) is 9.35. The van der Waals surface area contributed by atoms with Gasteiger partial charge in [-0.05, 0) is 31.0 Å². The van der Waals surface area contributed by atoms with E-state index in [1.165, 1.54) is 0 Å². The van der Waals surface area contributed by atoms with Crippen LogP contribution in [0, 0.1) is 6.92 Å². The van der Waals surface area contributed by atoms with Crippen molar-refractivity contribution in [1.82, 2.24) is 5.32 Å². The van der Waals surface area contributed by atoms with Gasteiger partial charge in [-0.3, -0.25) is 9.59 Å². The van der Waals surface area contributed by atoms with E-state index in [2.05, 4.69) is 5.32 Å². The van der Waals surface area contributed by atoms with E-state index in [-0.39, 0.29) is 30.6 Å². The van der Waals surface area contributed by atoms with Gasteiger partial charge in [-0.25, -0.2) is 0 Å². The third-order valence-electron chi connectivity index (χ3n) is 4.66. The van der Waals surface area contributed by atoms with Crippen LogP contribution in [-0.4, -0.2) is 24.9 Å². The number of hydrogen-bond acceptors (Lipinski definition) is 4. The summed E-state index contributed by atoms with van der Waals surface area (Å²) in [5.74, 6) is 1.30. The van der Waals surface area contributed by atoms with Crippen molar-refractivity contribution >= 4 is 11.7 Å². The molecule has 0 saturated carbocycles. The van der Waals surface area contributed by atoms with Crippen molar-refractivity contribution in [3.63, 3.8) is 0 Å². The number of amides is 1. The highest BCUT2D eigenvalue weighted by Gasteiger charge is 2.18. The van der Waals surface area contributed by atoms with E-state index in [0.29, 0.717) is 24.5 Å². The predicted octanol–water partition coefficient (Wildman–Crippen LogP) is 4.00. The molecule has 2 aromatic carbocycles. The number of fused-ring (bicyclic) bond motifs is 1. The fourth-order valence-corrected chi connectivity index (χ4v) is 3.08. The molecule has 1 amide bonds. The zero-order chi connectivity index (χ0) is 19.2. The standard InChI is InChI=1S/C22H25NO4/c1-3-18(17-8-10-20-21(14-17)27-13-12-26-20)23-22(25)11-9-19(24)16-6-4-15(2)5-7-16/h4-8,10,14,18H,3,9,11-13H2,1-2H3,(H,23,25). The molecule has 0 fully saturated rings. The lowest BCUT2D eigenvalue weighted by Gasteiger charge is -2.22. The second kappa shape index (κ2) is 8.71. The number of ketones is 1. The molecule has 2 aromatic rings. The van der Waals surface area contributed by atoms with Gasteiger partial charge in [0.2, 0.25) is 5.91 Å². The number of carbonyl (C=O) groups is 2. The smallest absolute Gasteiger partial charge is 0.220 e. The van der Waals surface area contributed by atoms with Crippen molar-refractivity contribution in [2.24, 2.45) is 0 Å². The van der Waals surface area contributed by atoms with E-state index in [4.69, 9.17) is 9.47 Å². The molecule has 5 heteroatoms. The van der Waals surface area contributed by atoms with Crippen LogP contribution in [-0.2, 0) is 4.79 Å². The first-order valence-corrected chi connectivity index (χ1v) is 9.35. The highest BCUT2D eigenvalue weighted by atomic mass is 16.6. The summed E-state index contributed by atoms with van der Waals surface area (Å²) in [5, 5.41) is 3.02. The van der Waals surface area contributed by atoms with Gasteiger partial charge in [0.25, 0.3) is 0 Å². The highest BCUT2D eigenvalue weighted by Crippen LogP contribution is 2.33. The van der Waals surface area contributed by atoms with Crippen molar-refractivity contribution in [3.8, 4) is 11.5 Å². The molecule has 1 heterocycles. The van der Waals surface area contributed by atoms with Gasteiger partial charge in [0.1, 0.15) is 13.2 Å². The van der Waals surface area contributed by atoms with E-state index >= 15 is 0 Å². The SMILES string of the molecule is CCC(NC(=O)CCC(=O)c1ccc(C)cc1)c1ccc2c(c1)OCCO2. The Balaban J connectivity index is 1.57. The number of rotatable bonds is 7. The Hall–Kier alpha value is -2.82. The quantitative estimate of drug-likeness (QED) is 0.752. The lowest BCUT2D eigenvalue weighted by atomic mass is 10.0. The largest absolute Gasteiger partial charge is 0.486 e. The Bertz CT molecular complexity index is 814. The number of hydrogen-bond donors (Lipinski definition) is 1. The monoisotopic (exact) mass is 367 g/mol. The normalized spacial score (nSPS) is 13.7. The maximum Gasteiger partial charge on any atom is 0.220 e. The van der Waals surface area contributed by atoms with Gasteiger partial charge in [-0.15, -0.1) is 0 Å². The Labute approximate surface area is 159 Å². The van der Waals surface area contributed by atoms with E-state index < -0.39 is 0 Å². The van der Waals surface area contributed by atoms with Crippen LogP contribution in [0.4, 0.5) is 0 Å². The average molecular weight is 367 g/mol. The topological polar surface area (TPSA) is 64.6 Å². The van der Waals surface area contributed by atoms with Gasteiger partial charge in [0, 0.05) is 18.4 Å². The summed E-state index contributed by atoms with van der Waals surface area (Å²) in [6.07, 6.45) is 1.12. The molecule has 1 N–H and O–H groups in total. The Morgan fingerprint density at radius 3 is 2.41 bits per heavy atom. The second-order valence-corrected chi connectivity index (χ2v) is 6.72. The molecule has 0 aromatic heterocycles. The molecule has 0 saturated heterocycles. The summed E-state index contributed by atoms with van der Waals surface area (Å²) in [6, 6.07) is 13.0. The summed E-state index contributed by atoms with van der Waals surface area (Å²) in [5.41, 5.74) is 2.72. The molecule has 1 aliphatic rings. The van der Waals surface area contributed by atoms with Crippen molar-refractivity contribution in [3.05, 3.63) is 59.2 Å². The van der Waals surface area contributed by atoms with Crippen molar-refractivity contribution in [2.75, 3.05) is 13.2 Å². The van der Waals surface area contributed by atoms with E-state index in [0.717, 1.165) is 23.3 Å². The lowest BCUT2D eigenvalue weighted by molar-refractivity contribution is -0.121. The molecule has 142 valence electrons. The highest BCUT2D eigenvalue weighted by molar-refractivity contribution is 5.98. The van der Waals surface area contributed by atoms with Crippen LogP contribution in [0.3, 0.4) is 0 Å². The third kappa shape index (κ3) is 4.88. The lowest BCUT2D eigenvalue weighted by Crippen LogP contribution is -2.28. The fraction of sp³-hybridized carbons (Fsp3) is 0.364. The molecular formula is C22H25NO4. The first-order chi connectivity index (χ1) is 13.1. The maximum absolute atomic E-state index is 12.3. The number of nitrogens with one attached hydrogen (secondary N) is 1. The number of aryl methyl sites for hydroxylation is 1. The summed E-state index contributed by atoms with van der Waals surface area (Å²) < 4.78 is 11.2. The van der Waals surface area contributed by atoms with Crippen LogP contribution in [0.2, 0.25) is 0 Å². The second-order valence-electron chi connectivity index (χ2n) is 6.72. The summed E-state index contributed by atoms with van der Waals surface area (Å²) >= 11 is 0. The van der Waals surface area contributed by atoms with Crippen LogP contribution < -0.4 is 14.8 Å². The summed E-state index contributed by atoms with van der Waals surface area (Å²) in [7, 11) is 0. The van der Waals surface area contributed by atoms with Crippen molar-refractivity contribution in [2.45, 2.75) is 39.2 Å². The fourth-order valence-electron chi connectivity index (χ4n) is 3.08. The van der Waals surface area contributed by atoms with Crippen molar-refractivity contribution < 1.29 is 19.1 Å². The van der Waals surface area contributed by atoms with E-state index in [1.807, 2.05) is 44.2 Å². The van der Waals surface area contributed by atoms with Crippen LogP contribution in [0.1, 0.15) is 53.7 Å². The van der Waals surface area contributed by atoms with Gasteiger partial charge < -0.3 is 14.8 Å². The molecule has 5 nitrogen and oxygen atoms in total. The minimum Gasteiger partial charge on any atom is -0.486 e. The molecule has 0 bridgehead atoms. The Kier molecular flexibility index (Phi) is 6.12. The number of carbonyl (C=O) groups excluding carboxylic acids is 2. The maximum atomic E-state index is 12.3. The van der Waals surface area contributed by atoms with Crippen LogP contribution >= 0.6 is 0 Å². The molecule has 27 heavy (non-hydrogen) atoms. The molecule has 3 rings (SSSR count). The molecule has 1 unspecified atom stereocenters. The molecule has 1 atom stereocenters. The number of Topliss-reactive ketones (excluding diaryl/α,β-unsaturated/α-hetero) is 1. The van der Waals surface area contributed by atoms with Crippen LogP contribution in [0.25, 0.3) is 0 Å². The zero-order valence-electron chi connectivity index (χ0n) is 15.8. The molecule has 0 spiro atoms. The molecular weight excluding hydrogens is 342 g/mol. The van der Waals surface area contributed by atoms with Crippen LogP contribution in [0.15, 0.2) is 42.5 Å². The van der Waals surface area contributed by atoms with E-state index in [1.54, 1.807) is 12.1 Å². The minimum atomic E-state index is -0.128. The summed E-state index contributed by atoms with van der Waals surface area (Å²) in [6.45, 7) is 5.07. The Morgan fingerprint density at radius 1 is 1.00 bits per heavy atom. The van der Waals surface area contributed by atoms with Gasteiger partial charge in [-0.2, -0.15) is 0 Å². The minimum absolute atomic E-state index is 0.0162. The van der Waals surface area contributed by atoms with E-state index in [9.17, 15) is 9.59 Å². The number of ether oxygens (including phenoxy) is 2. The van der Waals surface area contributed by atoms with Gasteiger partial charge in [0.15, 0.2) is 17.3 Å². The van der Waals surface area contributed by atoms with Crippen LogP contribution in [0.5, 0.6) is 11.5 Å². The van der Waals surface area contributed by atoms with Gasteiger partial charge in [-0.1, -0.05) is 42.8 Å². The summed E-state index contributed by atoms with van der Waals surface area (Å²) in [4.78, 5) is 24.6. The number of benzene rings is 2. The Morgan fingerprint density at radius 2 is 1.70 bits per heavy atom. The molecule has 1 aliphatic heterocycles. The van der Waals surface area contributed by atoms with Gasteiger partial charge >= 0.3 is 0 Å². The van der Waals surface area contributed by atoms with Gasteiger partial charge in [0.05, 0.1) is 6.04 Å². The zero-order valence-corrected chi connectivity index (χ0v) is 15.8. The first kappa shape index (κ1) is 19.0. The molecule has 0 radical (unpaired) electrons. The van der Waals surface area contributed by atoms with Crippen molar-refractivity contribution in [1.29, 1.82) is 0 Å². The third-order valence-corrected chi connectivity index (χ3v) is 4.66. The average Bonchev–Trinajstić information content (AvgIpc) is 2.70. The predicted molar refractivity (Wildman–Crippen MR) is 103 cm³/mol. The molecule has 0 aliphatic carbocycles.